The standard InChI is InChI=1S/C18H23O6P/c1-11-8-15(10-17(23-5)12(11)2)13(3)14-6-7-16(22-4)18(9-14)24-25(19,20)21/h6-10,13H,1-5H3,(H2,19,20,21). The Balaban J connectivity index is 2.46. The molecule has 1 unspecified atom stereocenters. The first-order valence-corrected chi connectivity index (χ1v) is 9.27. The van der Waals surface area contributed by atoms with Gasteiger partial charge in [-0.3, -0.25) is 9.79 Å². The van der Waals surface area contributed by atoms with Gasteiger partial charge in [-0.25, -0.2) is 4.57 Å². The summed E-state index contributed by atoms with van der Waals surface area (Å²) in [5.74, 6) is 1.05. The molecule has 0 fully saturated rings. The van der Waals surface area contributed by atoms with Gasteiger partial charge in [0, 0.05) is 5.92 Å². The van der Waals surface area contributed by atoms with E-state index in [4.69, 9.17) is 23.8 Å². The molecule has 0 heterocycles. The Morgan fingerprint density at radius 1 is 0.920 bits per heavy atom. The summed E-state index contributed by atoms with van der Waals surface area (Å²) >= 11 is 0. The molecule has 2 rings (SSSR count). The van der Waals surface area contributed by atoms with Crippen molar-refractivity contribution in [2.24, 2.45) is 0 Å². The predicted molar refractivity (Wildman–Crippen MR) is 95.7 cm³/mol. The van der Waals surface area contributed by atoms with Crippen LogP contribution in [0.2, 0.25) is 0 Å². The van der Waals surface area contributed by atoms with E-state index in [1.54, 1.807) is 19.2 Å². The van der Waals surface area contributed by atoms with E-state index in [0.29, 0.717) is 0 Å². The van der Waals surface area contributed by atoms with Crippen molar-refractivity contribution >= 4 is 7.82 Å². The molecule has 2 aromatic carbocycles. The minimum absolute atomic E-state index is 0.0102. The first kappa shape index (κ1) is 19.3. The number of ether oxygens (including phenoxy) is 2. The average Bonchev–Trinajstić information content (AvgIpc) is 2.55. The van der Waals surface area contributed by atoms with E-state index in [1.165, 1.54) is 7.11 Å². The van der Waals surface area contributed by atoms with Crippen LogP contribution in [0.3, 0.4) is 0 Å². The van der Waals surface area contributed by atoms with Gasteiger partial charge in [-0.2, -0.15) is 0 Å². The molecule has 1 atom stereocenters. The Kier molecular flexibility index (Phi) is 5.78. The lowest BCUT2D eigenvalue weighted by atomic mass is 9.90. The highest BCUT2D eigenvalue weighted by atomic mass is 31.2. The zero-order valence-corrected chi connectivity index (χ0v) is 15.8. The summed E-state index contributed by atoms with van der Waals surface area (Å²) in [6, 6.07) is 9.12. The van der Waals surface area contributed by atoms with Crippen LogP contribution in [-0.2, 0) is 4.57 Å². The summed E-state index contributed by atoms with van der Waals surface area (Å²) in [7, 11) is -1.63. The third kappa shape index (κ3) is 4.54. The minimum Gasteiger partial charge on any atom is -0.496 e. The van der Waals surface area contributed by atoms with Crippen LogP contribution in [0.4, 0.5) is 0 Å². The van der Waals surface area contributed by atoms with Gasteiger partial charge in [-0.1, -0.05) is 19.1 Å². The lowest BCUT2D eigenvalue weighted by Gasteiger charge is -2.19. The predicted octanol–water partition coefficient (Wildman–Crippen LogP) is 3.94. The summed E-state index contributed by atoms with van der Waals surface area (Å²) in [6.45, 7) is 6.03. The number of benzene rings is 2. The Labute approximate surface area is 147 Å². The Bertz CT molecular complexity index is 811. The SMILES string of the molecule is COc1ccc(C(C)c2cc(C)c(C)c(OC)c2)cc1OP(=O)(O)O. The molecule has 2 N–H and O–H groups in total. The number of rotatable bonds is 6. The molecule has 0 aliphatic rings. The number of hydrogen-bond acceptors (Lipinski definition) is 4. The lowest BCUT2D eigenvalue weighted by molar-refractivity contribution is 0.276. The van der Waals surface area contributed by atoms with Crippen LogP contribution >= 0.6 is 7.82 Å². The average molecular weight is 366 g/mol. The van der Waals surface area contributed by atoms with Crippen LogP contribution in [0, 0.1) is 13.8 Å². The monoisotopic (exact) mass is 366 g/mol. The van der Waals surface area contributed by atoms with Gasteiger partial charge in [0.05, 0.1) is 14.2 Å². The molecular formula is C18H23O6P. The van der Waals surface area contributed by atoms with Crippen molar-refractivity contribution in [1.29, 1.82) is 0 Å². The summed E-state index contributed by atoms with van der Waals surface area (Å²) in [5, 5.41) is 0. The maximum Gasteiger partial charge on any atom is 0.524 e. The van der Waals surface area contributed by atoms with E-state index in [-0.39, 0.29) is 17.4 Å². The van der Waals surface area contributed by atoms with Crippen LogP contribution in [-0.4, -0.2) is 24.0 Å². The molecule has 0 aliphatic heterocycles. The molecule has 0 saturated carbocycles. The van der Waals surface area contributed by atoms with Crippen LogP contribution in [0.5, 0.6) is 17.2 Å². The second-order valence-electron chi connectivity index (χ2n) is 5.88. The molecule has 25 heavy (non-hydrogen) atoms. The van der Waals surface area contributed by atoms with Gasteiger partial charge in [-0.15, -0.1) is 0 Å². The van der Waals surface area contributed by atoms with Gasteiger partial charge >= 0.3 is 7.82 Å². The molecule has 0 aliphatic carbocycles. The van der Waals surface area contributed by atoms with Crippen LogP contribution in [0.1, 0.15) is 35.1 Å². The Morgan fingerprint density at radius 2 is 1.52 bits per heavy atom. The van der Waals surface area contributed by atoms with Gasteiger partial charge in [0.1, 0.15) is 5.75 Å². The number of hydrogen-bond donors (Lipinski definition) is 2. The zero-order valence-electron chi connectivity index (χ0n) is 14.9. The molecule has 0 radical (unpaired) electrons. The lowest BCUT2D eigenvalue weighted by Crippen LogP contribution is -2.01. The highest BCUT2D eigenvalue weighted by molar-refractivity contribution is 7.46. The highest BCUT2D eigenvalue weighted by Gasteiger charge is 2.21. The van der Waals surface area contributed by atoms with Crippen molar-refractivity contribution in [1.82, 2.24) is 0 Å². The molecule has 0 saturated heterocycles. The second-order valence-corrected chi connectivity index (χ2v) is 7.04. The first-order valence-electron chi connectivity index (χ1n) is 7.74. The van der Waals surface area contributed by atoms with Gasteiger partial charge in [-0.05, 0) is 54.3 Å². The molecular weight excluding hydrogens is 343 g/mol. The summed E-state index contributed by atoms with van der Waals surface area (Å²) in [6.07, 6.45) is 0. The van der Waals surface area contributed by atoms with Crippen LogP contribution in [0.25, 0.3) is 0 Å². The topological polar surface area (TPSA) is 85.2 Å². The van der Waals surface area contributed by atoms with Gasteiger partial charge in [0.25, 0.3) is 0 Å². The maximum atomic E-state index is 11.2. The minimum atomic E-state index is -4.68. The molecule has 0 bridgehead atoms. The largest absolute Gasteiger partial charge is 0.524 e. The fourth-order valence-electron chi connectivity index (χ4n) is 2.67. The van der Waals surface area contributed by atoms with E-state index in [0.717, 1.165) is 28.0 Å². The van der Waals surface area contributed by atoms with Crippen LogP contribution in [0.15, 0.2) is 30.3 Å². The number of methoxy groups -OCH3 is 2. The fourth-order valence-corrected chi connectivity index (χ4v) is 3.07. The van der Waals surface area contributed by atoms with Crippen molar-refractivity contribution in [2.45, 2.75) is 26.7 Å². The molecule has 0 aromatic heterocycles. The van der Waals surface area contributed by atoms with Crippen molar-refractivity contribution in [2.75, 3.05) is 14.2 Å². The normalized spacial score (nSPS) is 12.6. The number of phosphoric acid groups is 1. The summed E-state index contributed by atoms with van der Waals surface area (Å²) < 4.78 is 26.5. The quantitative estimate of drug-likeness (QED) is 0.753. The van der Waals surface area contributed by atoms with E-state index in [9.17, 15) is 4.57 Å². The third-order valence-electron chi connectivity index (χ3n) is 4.27. The molecule has 7 heteroatoms. The van der Waals surface area contributed by atoms with Gasteiger partial charge < -0.3 is 14.0 Å². The maximum absolute atomic E-state index is 11.2. The molecule has 0 spiro atoms. The summed E-state index contributed by atoms with van der Waals surface area (Å²) in [4.78, 5) is 18.2. The number of phosphoric ester groups is 1. The molecule has 6 nitrogen and oxygen atoms in total. The first-order chi connectivity index (χ1) is 11.7. The summed E-state index contributed by atoms with van der Waals surface area (Å²) in [5.41, 5.74) is 4.07. The fraction of sp³-hybridized carbons (Fsp3) is 0.333. The van der Waals surface area contributed by atoms with Gasteiger partial charge in [0.15, 0.2) is 11.5 Å². The van der Waals surface area contributed by atoms with Crippen LogP contribution < -0.4 is 14.0 Å². The second kappa shape index (κ2) is 7.48. The Morgan fingerprint density at radius 3 is 2.08 bits per heavy atom. The third-order valence-corrected chi connectivity index (χ3v) is 4.70. The van der Waals surface area contributed by atoms with E-state index < -0.39 is 7.82 Å². The van der Waals surface area contributed by atoms with Crippen molar-refractivity contribution in [3.63, 3.8) is 0 Å². The molecule has 2 aromatic rings. The number of aryl methyl sites for hydroxylation is 1. The van der Waals surface area contributed by atoms with E-state index in [2.05, 4.69) is 6.07 Å². The molecule has 136 valence electrons. The smallest absolute Gasteiger partial charge is 0.496 e. The highest BCUT2D eigenvalue weighted by Crippen LogP contribution is 2.43. The Hall–Kier alpha value is -2.01. The van der Waals surface area contributed by atoms with Crippen molar-refractivity contribution < 1.29 is 28.3 Å². The van der Waals surface area contributed by atoms with E-state index in [1.807, 2.05) is 32.9 Å². The van der Waals surface area contributed by atoms with Crippen molar-refractivity contribution in [3.8, 4) is 17.2 Å². The molecule has 0 amide bonds. The van der Waals surface area contributed by atoms with E-state index >= 15 is 0 Å². The van der Waals surface area contributed by atoms with Crippen molar-refractivity contribution in [3.05, 3.63) is 52.6 Å². The zero-order chi connectivity index (χ0) is 18.8. The van der Waals surface area contributed by atoms with Gasteiger partial charge in [0.2, 0.25) is 0 Å².